The number of benzene rings is 2. The Balaban J connectivity index is 1.30. The van der Waals surface area contributed by atoms with Gasteiger partial charge in [0, 0.05) is 31.2 Å². The van der Waals surface area contributed by atoms with Gasteiger partial charge in [-0.05, 0) is 11.6 Å². The van der Waals surface area contributed by atoms with Crippen molar-refractivity contribution < 1.29 is 14.3 Å². The number of para-hydroxylation sites is 1. The number of hydrazone groups is 1. The lowest BCUT2D eigenvalue weighted by Crippen LogP contribution is -2.33. The van der Waals surface area contributed by atoms with E-state index in [1.165, 1.54) is 5.01 Å². The number of fused-ring (bicyclic) bond motifs is 1. The molecule has 6 heteroatoms. The second kappa shape index (κ2) is 8.25. The highest BCUT2D eigenvalue weighted by Crippen LogP contribution is 2.31. The highest BCUT2D eigenvalue weighted by Gasteiger charge is 2.24. The second-order valence-corrected chi connectivity index (χ2v) is 6.97. The molecule has 1 atom stereocenters. The van der Waals surface area contributed by atoms with Gasteiger partial charge in [0.05, 0.1) is 24.9 Å². The van der Waals surface area contributed by atoms with Crippen molar-refractivity contribution >= 4 is 17.5 Å². The molecule has 2 amide bonds. The van der Waals surface area contributed by atoms with Crippen LogP contribution >= 0.6 is 0 Å². The van der Waals surface area contributed by atoms with Crippen LogP contribution < -0.4 is 10.1 Å². The summed E-state index contributed by atoms with van der Waals surface area (Å²) >= 11 is 0. The third kappa shape index (κ3) is 4.06. The van der Waals surface area contributed by atoms with E-state index in [0.29, 0.717) is 13.2 Å². The molecule has 0 spiro atoms. The van der Waals surface area contributed by atoms with Gasteiger partial charge in [-0.15, -0.1) is 0 Å². The lowest BCUT2D eigenvalue weighted by atomic mass is 10.0. The second-order valence-electron chi connectivity index (χ2n) is 6.97. The van der Waals surface area contributed by atoms with Gasteiger partial charge in [0.2, 0.25) is 11.8 Å². The standard InChI is InChI=1S/C22H23N3O3/c26-21(23-19-13-15-28-20-9-5-4-8-17(19)20)10-11-22(27)25-14-12-18(24-25)16-6-2-1-3-7-16/h1-9,19H,10-15H2,(H,23,26)/t19-/m0/s1. The van der Waals surface area contributed by atoms with Crippen LogP contribution in [0.15, 0.2) is 59.7 Å². The molecular formula is C22H23N3O3. The maximum Gasteiger partial charge on any atom is 0.243 e. The van der Waals surface area contributed by atoms with E-state index in [2.05, 4.69) is 10.4 Å². The minimum atomic E-state index is -0.124. The zero-order valence-corrected chi connectivity index (χ0v) is 15.6. The van der Waals surface area contributed by atoms with Gasteiger partial charge >= 0.3 is 0 Å². The smallest absolute Gasteiger partial charge is 0.243 e. The SMILES string of the molecule is O=C(CCC(=O)N1CCC(c2ccccc2)=N1)N[C@H]1CCOc2ccccc21. The molecule has 2 aromatic rings. The fourth-order valence-corrected chi connectivity index (χ4v) is 3.58. The molecule has 0 aliphatic carbocycles. The van der Waals surface area contributed by atoms with Crippen molar-refractivity contribution in [3.8, 4) is 5.75 Å². The summed E-state index contributed by atoms with van der Waals surface area (Å²) in [5, 5.41) is 8.95. The first-order valence-electron chi connectivity index (χ1n) is 9.65. The molecule has 0 unspecified atom stereocenters. The lowest BCUT2D eigenvalue weighted by molar-refractivity contribution is -0.133. The molecule has 2 aliphatic heterocycles. The van der Waals surface area contributed by atoms with Crippen LogP contribution in [0.3, 0.4) is 0 Å². The number of carbonyl (C=O) groups excluding carboxylic acids is 2. The summed E-state index contributed by atoms with van der Waals surface area (Å²) in [4.78, 5) is 24.8. The van der Waals surface area contributed by atoms with E-state index in [1.807, 2.05) is 54.6 Å². The summed E-state index contributed by atoms with van der Waals surface area (Å²) in [6, 6.07) is 17.5. The van der Waals surface area contributed by atoms with Crippen LogP contribution in [-0.2, 0) is 9.59 Å². The highest BCUT2D eigenvalue weighted by atomic mass is 16.5. The molecule has 0 aromatic heterocycles. The van der Waals surface area contributed by atoms with Gasteiger partial charge in [0.15, 0.2) is 0 Å². The van der Waals surface area contributed by atoms with E-state index in [-0.39, 0.29) is 30.7 Å². The topological polar surface area (TPSA) is 71.0 Å². The number of hydrogen-bond donors (Lipinski definition) is 1. The molecule has 2 heterocycles. The molecule has 6 nitrogen and oxygen atoms in total. The maximum absolute atomic E-state index is 12.4. The van der Waals surface area contributed by atoms with Gasteiger partial charge < -0.3 is 10.1 Å². The van der Waals surface area contributed by atoms with Crippen LogP contribution in [0.25, 0.3) is 0 Å². The largest absolute Gasteiger partial charge is 0.493 e. The third-order valence-corrected chi connectivity index (χ3v) is 5.06. The molecule has 2 aromatic carbocycles. The van der Waals surface area contributed by atoms with Crippen LogP contribution in [0.2, 0.25) is 0 Å². The maximum atomic E-state index is 12.4. The Morgan fingerprint density at radius 3 is 2.71 bits per heavy atom. The summed E-state index contributed by atoms with van der Waals surface area (Å²) < 4.78 is 5.62. The first-order chi connectivity index (χ1) is 13.7. The van der Waals surface area contributed by atoms with E-state index in [0.717, 1.165) is 35.4 Å². The zero-order valence-electron chi connectivity index (χ0n) is 15.6. The molecule has 0 fully saturated rings. The summed E-state index contributed by atoms with van der Waals surface area (Å²) in [5.74, 6) is 0.574. The average molecular weight is 377 g/mol. The monoisotopic (exact) mass is 377 g/mol. The van der Waals surface area contributed by atoms with Crippen molar-refractivity contribution in [2.24, 2.45) is 5.10 Å². The molecule has 0 saturated heterocycles. The fourth-order valence-electron chi connectivity index (χ4n) is 3.58. The fraction of sp³-hybridized carbons (Fsp3) is 0.318. The molecule has 2 aliphatic rings. The van der Waals surface area contributed by atoms with Crippen molar-refractivity contribution in [2.75, 3.05) is 13.2 Å². The average Bonchev–Trinajstić information content (AvgIpc) is 3.23. The Kier molecular flexibility index (Phi) is 5.37. The molecule has 28 heavy (non-hydrogen) atoms. The highest BCUT2D eigenvalue weighted by molar-refractivity contribution is 6.02. The van der Waals surface area contributed by atoms with E-state index >= 15 is 0 Å². The quantitative estimate of drug-likeness (QED) is 0.871. The Morgan fingerprint density at radius 2 is 1.86 bits per heavy atom. The van der Waals surface area contributed by atoms with Gasteiger partial charge in [-0.2, -0.15) is 5.10 Å². The summed E-state index contributed by atoms with van der Waals surface area (Å²) in [5.41, 5.74) is 2.94. The number of carbonyl (C=O) groups is 2. The van der Waals surface area contributed by atoms with Crippen molar-refractivity contribution in [2.45, 2.75) is 31.7 Å². The van der Waals surface area contributed by atoms with Crippen LogP contribution in [-0.4, -0.2) is 35.7 Å². The first-order valence-corrected chi connectivity index (χ1v) is 9.65. The van der Waals surface area contributed by atoms with Crippen molar-refractivity contribution in [3.05, 3.63) is 65.7 Å². The number of hydrogen-bond acceptors (Lipinski definition) is 4. The molecular weight excluding hydrogens is 354 g/mol. The zero-order chi connectivity index (χ0) is 19.3. The van der Waals surface area contributed by atoms with Gasteiger partial charge in [-0.1, -0.05) is 48.5 Å². The normalized spacial score (nSPS) is 18.1. The van der Waals surface area contributed by atoms with Crippen LogP contribution in [0.5, 0.6) is 5.75 Å². The van der Waals surface area contributed by atoms with Crippen LogP contribution in [0.4, 0.5) is 0 Å². The molecule has 0 radical (unpaired) electrons. The minimum absolute atomic E-state index is 0.0676. The van der Waals surface area contributed by atoms with Gasteiger partial charge in [0.25, 0.3) is 0 Å². The molecule has 144 valence electrons. The predicted octanol–water partition coefficient (Wildman–Crippen LogP) is 3.04. The Hall–Kier alpha value is -3.15. The van der Waals surface area contributed by atoms with Crippen molar-refractivity contribution in [1.29, 1.82) is 0 Å². The summed E-state index contributed by atoms with van der Waals surface area (Å²) in [6.07, 6.45) is 1.78. The molecule has 0 saturated carbocycles. The van der Waals surface area contributed by atoms with Crippen molar-refractivity contribution in [1.82, 2.24) is 10.3 Å². The molecule has 4 rings (SSSR count). The van der Waals surface area contributed by atoms with E-state index in [9.17, 15) is 9.59 Å². The Bertz CT molecular complexity index is 895. The summed E-state index contributed by atoms with van der Waals surface area (Å²) in [7, 11) is 0. The number of amides is 2. The predicted molar refractivity (Wildman–Crippen MR) is 106 cm³/mol. The van der Waals surface area contributed by atoms with Gasteiger partial charge in [-0.25, -0.2) is 5.01 Å². The molecule has 0 bridgehead atoms. The molecule has 1 N–H and O–H groups in total. The minimum Gasteiger partial charge on any atom is -0.493 e. The lowest BCUT2D eigenvalue weighted by Gasteiger charge is -2.26. The number of nitrogens with one attached hydrogen (secondary N) is 1. The van der Waals surface area contributed by atoms with E-state index in [4.69, 9.17) is 4.74 Å². The van der Waals surface area contributed by atoms with Gasteiger partial charge in [0.1, 0.15) is 5.75 Å². The summed E-state index contributed by atoms with van der Waals surface area (Å²) in [6.45, 7) is 1.14. The van der Waals surface area contributed by atoms with E-state index in [1.54, 1.807) is 0 Å². The van der Waals surface area contributed by atoms with Crippen LogP contribution in [0, 0.1) is 0 Å². The van der Waals surface area contributed by atoms with E-state index < -0.39 is 0 Å². The Morgan fingerprint density at radius 1 is 1.07 bits per heavy atom. The van der Waals surface area contributed by atoms with Crippen LogP contribution in [0.1, 0.15) is 42.9 Å². The third-order valence-electron chi connectivity index (χ3n) is 5.06. The number of ether oxygens (including phenoxy) is 1. The number of rotatable bonds is 5. The van der Waals surface area contributed by atoms with Crippen molar-refractivity contribution in [3.63, 3.8) is 0 Å². The Labute approximate surface area is 164 Å². The first kappa shape index (κ1) is 18.2. The van der Waals surface area contributed by atoms with Gasteiger partial charge in [-0.3, -0.25) is 9.59 Å². The number of nitrogens with zero attached hydrogens (tertiary/aromatic N) is 2.